The second-order valence-corrected chi connectivity index (χ2v) is 5.82. The SMILES string of the molecule is CC(C)(C)NC(=O)CN1CCN(CCC#N)CC1. The first-order chi connectivity index (χ1) is 8.40. The molecule has 0 aromatic carbocycles. The van der Waals surface area contributed by atoms with Crippen LogP contribution in [-0.4, -0.2) is 60.5 Å². The summed E-state index contributed by atoms with van der Waals surface area (Å²) < 4.78 is 0. The zero-order valence-corrected chi connectivity index (χ0v) is 11.7. The Morgan fingerprint density at radius 2 is 1.78 bits per heavy atom. The summed E-state index contributed by atoms with van der Waals surface area (Å²) >= 11 is 0. The van der Waals surface area contributed by atoms with E-state index in [0.29, 0.717) is 13.0 Å². The number of amides is 1. The standard InChI is InChI=1S/C13H24N4O/c1-13(2,3)15-12(18)11-17-9-7-16(8-10-17)6-4-5-14/h4,6-11H2,1-3H3,(H,15,18). The van der Waals surface area contributed by atoms with E-state index < -0.39 is 0 Å². The van der Waals surface area contributed by atoms with Crippen LogP contribution in [0.15, 0.2) is 0 Å². The molecule has 1 amide bonds. The Balaban J connectivity index is 2.23. The number of nitrogens with zero attached hydrogens (tertiary/aromatic N) is 3. The molecule has 0 aromatic heterocycles. The van der Waals surface area contributed by atoms with Gasteiger partial charge in [0.25, 0.3) is 0 Å². The molecule has 0 spiro atoms. The van der Waals surface area contributed by atoms with Crippen LogP contribution in [0.3, 0.4) is 0 Å². The second kappa shape index (κ2) is 6.72. The first kappa shape index (κ1) is 14.9. The highest BCUT2D eigenvalue weighted by molar-refractivity contribution is 5.78. The van der Waals surface area contributed by atoms with Gasteiger partial charge in [0.1, 0.15) is 0 Å². The van der Waals surface area contributed by atoms with Crippen LogP contribution < -0.4 is 5.32 Å². The van der Waals surface area contributed by atoms with Crippen LogP contribution in [0.1, 0.15) is 27.2 Å². The Kier molecular flexibility index (Phi) is 5.57. The van der Waals surface area contributed by atoms with E-state index in [4.69, 9.17) is 5.26 Å². The summed E-state index contributed by atoms with van der Waals surface area (Å²) in [6, 6.07) is 2.16. The van der Waals surface area contributed by atoms with E-state index in [1.165, 1.54) is 0 Å². The van der Waals surface area contributed by atoms with Gasteiger partial charge in [-0.3, -0.25) is 14.6 Å². The average Bonchev–Trinajstić information content (AvgIpc) is 2.25. The van der Waals surface area contributed by atoms with Crippen molar-refractivity contribution in [3.05, 3.63) is 0 Å². The lowest BCUT2D eigenvalue weighted by Gasteiger charge is -2.34. The van der Waals surface area contributed by atoms with Crippen LogP contribution in [0.5, 0.6) is 0 Å². The van der Waals surface area contributed by atoms with Gasteiger partial charge in [0.05, 0.1) is 12.6 Å². The number of nitriles is 1. The van der Waals surface area contributed by atoms with Crippen LogP contribution in [0, 0.1) is 11.3 Å². The molecule has 1 aliphatic rings. The minimum Gasteiger partial charge on any atom is -0.350 e. The number of hydrogen-bond acceptors (Lipinski definition) is 4. The van der Waals surface area contributed by atoms with E-state index in [1.54, 1.807) is 0 Å². The molecule has 1 N–H and O–H groups in total. The van der Waals surface area contributed by atoms with Gasteiger partial charge in [-0.2, -0.15) is 5.26 Å². The number of carbonyl (C=O) groups is 1. The number of carbonyl (C=O) groups excluding carboxylic acids is 1. The monoisotopic (exact) mass is 252 g/mol. The van der Waals surface area contributed by atoms with Gasteiger partial charge in [0.15, 0.2) is 0 Å². The van der Waals surface area contributed by atoms with Crippen LogP contribution >= 0.6 is 0 Å². The van der Waals surface area contributed by atoms with Crippen LogP contribution in [0.25, 0.3) is 0 Å². The molecule has 0 atom stereocenters. The molecule has 0 radical (unpaired) electrons. The summed E-state index contributed by atoms with van der Waals surface area (Å²) in [5, 5.41) is 11.5. The third-order valence-electron chi connectivity index (χ3n) is 2.89. The predicted molar refractivity (Wildman–Crippen MR) is 71.0 cm³/mol. The molecule has 0 saturated carbocycles. The zero-order chi connectivity index (χ0) is 13.6. The minimum absolute atomic E-state index is 0.0907. The van der Waals surface area contributed by atoms with Crippen molar-refractivity contribution in [3.8, 4) is 6.07 Å². The van der Waals surface area contributed by atoms with Gasteiger partial charge in [-0.25, -0.2) is 0 Å². The Bertz CT molecular complexity index is 308. The Labute approximate surface area is 110 Å². The molecule has 1 rings (SSSR count). The Morgan fingerprint density at radius 3 is 2.28 bits per heavy atom. The summed E-state index contributed by atoms with van der Waals surface area (Å²) in [6.45, 7) is 11.0. The van der Waals surface area contributed by atoms with E-state index in [1.807, 2.05) is 20.8 Å². The van der Waals surface area contributed by atoms with Gasteiger partial charge in [-0.05, 0) is 20.8 Å². The maximum Gasteiger partial charge on any atom is 0.234 e. The molecule has 0 unspecified atom stereocenters. The molecule has 0 bridgehead atoms. The van der Waals surface area contributed by atoms with E-state index in [9.17, 15) is 4.79 Å². The fourth-order valence-electron chi connectivity index (χ4n) is 2.04. The summed E-state index contributed by atoms with van der Waals surface area (Å²) in [7, 11) is 0. The largest absolute Gasteiger partial charge is 0.350 e. The fourth-order valence-corrected chi connectivity index (χ4v) is 2.04. The number of rotatable bonds is 4. The summed E-state index contributed by atoms with van der Waals surface area (Å²) in [4.78, 5) is 16.2. The van der Waals surface area contributed by atoms with Crippen molar-refractivity contribution in [1.29, 1.82) is 5.26 Å². The molecule has 1 saturated heterocycles. The van der Waals surface area contributed by atoms with Crippen LogP contribution in [0.4, 0.5) is 0 Å². The molecule has 18 heavy (non-hydrogen) atoms. The lowest BCUT2D eigenvalue weighted by atomic mass is 10.1. The average molecular weight is 252 g/mol. The van der Waals surface area contributed by atoms with E-state index in [2.05, 4.69) is 21.2 Å². The topological polar surface area (TPSA) is 59.4 Å². The molecule has 102 valence electrons. The van der Waals surface area contributed by atoms with Crippen LogP contribution in [-0.2, 0) is 4.79 Å². The molecular formula is C13H24N4O. The Morgan fingerprint density at radius 1 is 1.22 bits per heavy atom. The summed E-state index contributed by atoms with van der Waals surface area (Å²) in [6.07, 6.45) is 0.588. The van der Waals surface area contributed by atoms with Crippen molar-refractivity contribution in [1.82, 2.24) is 15.1 Å². The number of piperazine rings is 1. The minimum atomic E-state index is -0.161. The fraction of sp³-hybridized carbons (Fsp3) is 0.846. The maximum absolute atomic E-state index is 11.8. The predicted octanol–water partition coefficient (Wildman–Crippen LogP) is 0.432. The number of hydrogen-bond donors (Lipinski definition) is 1. The normalized spacial score (nSPS) is 18.3. The van der Waals surface area contributed by atoms with Crippen molar-refractivity contribution in [2.45, 2.75) is 32.7 Å². The van der Waals surface area contributed by atoms with Crippen molar-refractivity contribution >= 4 is 5.91 Å². The third-order valence-corrected chi connectivity index (χ3v) is 2.89. The number of nitrogens with one attached hydrogen (secondary N) is 1. The van der Waals surface area contributed by atoms with E-state index in [0.717, 1.165) is 32.7 Å². The first-order valence-electron chi connectivity index (χ1n) is 6.53. The lowest BCUT2D eigenvalue weighted by molar-refractivity contribution is -0.124. The van der Waals surface area contributed by atoms with Crippen molar-refractivity contribution in [2.24, 2.45) is 0 Å². The second-order valence-electron chi connectivity index (χ2n) is 5.82. The molecule has 0 aliphatic carbocycles. The lowest BCUT2D eigenvalue weighted by Crippen LogP contribution is -2.51. The molecule has 1 fully saturated rings. The molecule has 5 nitrogen and oxygen atoms in total. The summed E-state index contributed by atoms with van der Waals surface area (Å²) in [5.41, 5.74) is -0.161. The smallest absolute Gasteiger partial charge is 0.234 e. The van der Waals surface area contributed by atoms with Crippen molar-refractivity contribution in [2.75, 3.05) is 39.3 Å². The van der Waals surface area contributed by atoms with Crippen molar-refractivity contribution < 1.29 is 4.79 Å². The molecule has 0 aromatic rings. The zero-order valence-electron chi connectivity index (χ0n) is 11.7. The first-order valence-corrected chi connectivity index (χ1v) is 6.53. The van der Waals surface area contributed by atoms with E-state index in [-0.39, 0.29) is 11.4 Å². The van der Waals surface area contributed by atoms with Gasteiger partial charge in [0, 0.05) is 44.7 Å². The highest BCUT2D eigenvalue weighted by atomic mass is 16.2. The molecular weight excluding hydrogens is 228 g/mol. The molecule has 1 heterocycles. The third kappa shape index (κ3) is 5.99. The molecule has 1 aliphatic heterocycles. The van der Waals surface area contributed by atoms with Gasteiger partial charge in [-0.1, -0.05) is 0 Å². The molecule has 5 heteroatoms. The van der Waals surface area contributed by atoms with Crippen LogP contribution in [0.2, 0.25) is 0 Å². The van der Waals surface area contributed by atoms with Gasteiger partial charge >= 0.3 is 0 Å². The Hall–Kier alpha value is -1.12. The quantitative estimate of drug-likeness (QED) is 0.788. The van der Waals surface area contributed by atoms with Crippen molar-refractivity contribution in [3.63, 3.8) is 0 Å². The highest BCUT2D eigenvalue weighted by Crippen LogP contribution is 2.03. The van der Waals surface area contributed by atoms with Gasteiger partial charge in [0.2, 0.25) is 5.91 Å². The van der Waals surface area contributed by atoms with Gasteiger partial charge < -0.3 is 5.32 Å². The van der Waals surface area contributed by atoms with Gasteiger partial charge in [-0.15, -0.1) is 0 Å². The summed E-state index contributed by atoms with van der Waals surface area (Å²) in [5.74, 6) is 0.0907. The maximum atomic E-state index is 11.8. The highest BCUT2D eigenvalue weighted by Gasteiger charge is 2.20. The van der Waals surface area contributed by atoms with E-state index >= 15 is 0 Å².